The molecule has 1 aromatic rings. The first-order valence-electron chi connectivity index (χ1n) is 7.94. The maximum atomic E-state index is 4.59. The zero-order valence-corrected chi connectivity index (χ0v) is 14.1. The van der Waals surface area contributed by atoms with Crippen LogP contribution in [0.2, 0.25) is 0 Å². The first kappa shape index (κ1) is 16.2. The van der Waals surface area contributed by atoms with Gasteiger partial charge in [0.25, 0.3) is 0 Å². The summed E-state index contributed by atoms with van der Waals surface area (Å²) < 4.78 is 0. The van der Waals surface area contributed by atoms with E-state index in [1.54, 1.807) is 0 Å². The van der Waals surface area contributed by atoms with E-state index in [1.165, 1.54) is 0 Å². The molecule has 1 fully saturated rings. The van der Waals surface area contributed by atoms with Crippen molar-refractivity contribution < 1.29 is 0 Å². The highest BCUT2D eigenvalue weighted by atomic mass is 15.3. The fraction of sp³-hybridized carbons (Fsp3) is 0.750. The molecule has 5 nitrogen and oxygen atoms in total. The molecule has 1 aliphatic heterocycles. The van der Waals surface area contributed by atoms with Gasteiger partial charge in [-0.25, -0.2) is 4.98 Å². The van der Waals surface area contributed by atoms with Gasteiger partial charge in [0.2, 0.25) is 0 Å². The van der Waals surface area contributed by atoms with Gasteiger partial charge in [-0.15, -0.1) is 0 Å². The van der Waals surface area contributed by atoms with Crippen molar-refractivity contribution in [2.75, 3.05) is 31.1 Å². The summed E-state index contributed by atoms with van der Waals surface area (Å²) in [5.41, 5.74) is 1.10. The monoisotopic (exact) mass is 291 g/mol. The molecule has 5 heteroatoms. The molecule has 118 valence electrons. The van der Waals surface area contributed by atoms with E-state index in [0.717, 1.165) is 44.2 Å². The molecule has 0 amide bonds. The molecule has 0 bridgehead atoms. The normalized spacial score (nSPS) is 20.8. The van der Waals surface area contributed by atoms with E-state index in [4.69, 9.17) is 0 Å². The van der Waals surface area contributed by atoms with Crippen LogP contribution >= 0.6 is 0 Å². The summed E-state index contributed by atoms with van der Waals surface area (Å²) >= 11 is 0. The minimum Gasteiger partial charge on any atom is -0.353 e. The Bertz CT molecular complexity index is 437. The maximum absolute atomic E-state index is 4.59. The summed E-state index contributed by atoms with van der Waals surface area (Å²) in [5, 5.41) is 3.43. The molecule has 2 rings (SSSR count). The van der Waals surface area contributed by atoms with Gasteiger partial charge in [-0.2, -0.15) is 0 Å². The minimum absolute atomic E-state index is 0.103. The molecule has 0 saturated carbocycles. The van der Waals surface area contributed by atoms with Gasteiger partial charge in [0.05, 0.1) is 18.1 Å². The van der Waals surface area contributed by atoms with Crippen molar-refractivity contribution in [2.45, 2.75) is 52.7 Å². The summed E-state index contributed by atoms with van der Waals surface area (Å²) in [6.07, 6.45) is 3.80. The summed E-state index contributed by atoms with van der Waals surface area (Å²) in [6.45, 7) is 16.0. The van der Waals surface area contributed by atoms with Crippen molar-refractivity contribution in [3.8, 4) is 0 Å². The largest absolute Gasteiger partial charge is 0.353 e. The third kappa shape index (κ3) is 4.64. The molecule has 1 atom stereocenters. The van der Waals surface area contributed by atoms with Gasteiger partial charge in [-0.05, 0) is 34.2 Å². The van der Waals surface area contributed by atoms with Crippen LogP contribution in [0.15, 0.2) is 12.4 Å². The molecule has 1 N–H and O–H groups in total. The fourth-order valence-corrected chi connectivity index (χ4v) is 2.63. The quantitative estimate of drug-likeness (QED) is 0.918. The number of anilines is 1. The summed E-state index contributed by atoms with van der Waals surface area (Å²) in [5.74, 6) is 0.997. The van der Waals surface area contributed by atoms with Crippen molar-refractivity contribution in [3.63, 3.8) is 0 Å². The van der Waals surface area contributed by atoms with Crippen LogP contribution < -0.4 is 10.2 Å². The van der Waals surface area contributed by atoms with E-state index < -0.39 is 0 Å². The summed E-state index contributed by atoms with van der Waals surface area (Å²) in [4.78, 5) is 14.0. The highest BCUT2D eigenvalue weighted by Gasteiger charge is 2.23. The molecule has 1 aromatic heterocycles. The molecular formula is C16H29N5. The van der Waals surface area contributed by atoms with E-state index in [9.17, 15) is 0 Å². The Hall–Kier alpha value is -1.20. The molecule has 1 unspecified atom stereocenters. The molecule has 0 aromatic carbocycles. The predicted molar refractivity (Wildman–Crippen MR) is 87.5 cm³/mol. The van der Waals surface area contributed by atoms with E-state index >= 15 is 0 Å². The minimum atomic E-state index is 0.103. The van der Waals surface area contributed by atoms with Crippen LogP contribution in [0.4, 0.5) is 5.82 Å². The SMILES string of the molecule is CCN1CCN(c2cnc(CNC(C)(C)C)cn2)CC1C. The molecule has 0 radical (unpaired) electrons. The number of hydrogen-bond donors (Lipinski definition) is 1. The molecule has 2 heterocycles. The van der Waals surface area contributed by atoms with Crippen molar-refractivity contribution in [3.05, 3.63) is 18.1 Å². The van der Waals surface area contributed by atoms with Crippen molar-refractivity contribution in [2.24, 2.45) is 0 Å². The second kappa shape index (κ2) is 6.71. The van der Waals surface area contributed by atoms with Crippen LogP contribution in [-0.4, -0.2) is 52.6 Å². The number of piperazine rings is 1. The van der Waals surface area contributed by atoms with E-state index in [2.05, 4.69) is 59.7 Å². The third-order valence-electron chi connectivity index (χ3n) is 3.99. The second-order valence-corrected chi connectivity index (χ2v) is 6.89. The Morgan fingerprint density at radius 3 is 2.52 bits per heavy atom. The average Bonchev–Trinajstić information content (AvgIpc) is 2.45. The number of aromatic nitrogens is 2. The lowest BCUT2D eigenvalue weighted by atomic mass is 10.1. The highest BCUT2D eigenvalue weighted by Crippen LogP contribution is 2.16. The Balaban J connectivity index is 1.93. The number of likely N-dealkylation sites (N-methyl/N-ethyl adjacent to an activating group) is 1. The summed E-state index contributed by atoms with van der Waals surface area (Å²) in [7, 11) is 0. The molecule has 0 aliphatic carbocycles. The number of nitrogens with zero attached hydrogens (tertiary/aromatic N) is 4. The van der Waals surface area contributed by atoms with Crippen LogP contribution in [0.1, 0.15) is 40.3 Å². The number of nitrogens with one attached hydrogen (secondary N) is 1. The van der Waals surface area contributed by atoms with Crippen molar-refractivity contribution in [1.82, 2.24) is 20.2 Å². The Morgan fingerprint density at radius 1 is 1.24 bits per heavy atom. The zero-order valence-electron chi connectivity index (χ0n) is 14.1. The lowest BCUT2D eigenvalue weighted by Crippen LogP contribution is -2.52. The lowest BCUT2D eigenvalue weighted by molar-refractivity contribution is 0.199. The first-order valence-corrected chi connectivity index (χ1v) is 7.94. The van der Waals surface area contributed by atoms with E-state index in [1.807, 2.05) is 12.4 Å². The van der Waals surface area contributed by atoms with Gasteiger partial charge in [0.15, 0.2) is 0 Å². The summed E-state index contributed by atoms with van der Waals surface area (Å²) in [6, 6.07) is 0.577. The molecule has 0 spiro atoms. The maximum Gasteiger partial charge on any atom is 0.147 e. The van der Waals surface area contributed by atoms with Crippen LogP contribution in [-0.2, 0) is 6.54 Å². The third-order valence-corrected chi connectivity index (χ3v) is 3.99. The topological polar surface area (TPSA) is 44.3 Å². The molecular weight excluding hydrogens is 262 g/mol. The molecule has 1 saturated heterocycles. The van der Waals surface area contributed by atoms with Gasteiger partial charge in [0, 0.05) is 37.8 Å². The van der Waals surface area contributed by atoms with Crippen LogP contribution in [0.25, 0.3) is 0 Å². The number of hydrogen-bond acceptors (Lipinski definition) is 5. The van der Waals surface area contributed by atoms with Crippen molar-refractivity contribution in [1.29, 1.82) is 0 Å². The second-order valence-electron chi connectivity index (χ2n) is 6.89. The van der Waals surface area contributed by atoms with Gasteiger partial charge in [-0.3, -0.25) is 9.88 Å². The Kier molecular flexibility index (Phi) is 5.17. The van der Waals surface area contributed by atoms with E-state index in [0.29, 0.717) is 6.04 Å². The average molecular weight is 291 g/mol. The van der Waals surface area contributed by atoms with Gasteiger partial charge < -0.3 is 10.2 Å². The van der Waals surface area contributed by atoms with Crippen molar-refractivity contribution >= 4 is 5.82 Å². The van der Waals surface area contributed by atoms with Gasteiger partial charge in [-0.1, -0.05) is 6.92 Å². The molecule has 21 heavy (non-hydrogen) atoms. The smallest absolute Gasteiger partial charge is 0.147 e. The van der Waals surface area contributed by atoms with Crippen LogP contribution in [0, 0.1) is 0 Å². The highest BCUT2D eigenvalue weighted by molar-refractivity contribution is 5.36. The van der Waals surface area contributed by atoms with Crippen LogP contribution in [0.5, 0.6) is 0 Å². The molecule has 1 aliphatic rings. The van der Waals surface area contributed by atoms with E-state index in [-0.39, 0.29) is 5.54 Å². The standard InChI is InChI=1S/C16H29N5/c1-6-20-7-8-21(12-13(20)2)15-11-17-14(9-18-15)10-19-16(3,4)5/h9,11,13,19H,6-8,10,12H2,1-5H3. The Morgan fingerprint density at radius 2 is 2.00 bits per heavy atom. The van der Waals surface area contributed by atoms with Crippen LogP contribution in [0.3, 0.4) is 0 Å². The number of rotatable bonds is 4. The zero-order chi connectivity index (χ0) is 15.5. The Labute approximate surface area is 128 Å². The van der Waals surface area contributed by atoms with Gasteiger partial charge in [0.1, 0.15) is 5.82 Å². The first-order chi connectivity index (χ1) is 9.89. The lowest BCUT2D eigenvalue weighted by Gasteiger charge is -2.39. The predicted octanol–water partition coefficient (Wildman–Crippen LogP) is 1.90. The van der Waals surface area contributed by atoms with Gasteiger partial charge >= 0.3 is 0 Å². The fourth-order valence-electron chi connectivity index (χ4n) is 2.63.